The van der Waals surface area contributed by atoms with Crippen LogP contribution in [-0.4, -0.2) is 8.07 Å². The van der Waals surface area contributed by atoms with Crippen LogP contribution in [0, 0.1) is 34.6 Å². The number of halogens is 2. The van der Waals surface area contributed by atoms with Crippen LogP contribution in [0.25, 0.3) is 0 Å². The van der Waals surface area contributed by atoms with Gasteiger partial charge in [0.25, 0.3) is 0 Å². The number of hydrogen-bond acceptors (Lipinski definition) is 0. The van der Waals surface area contributed by atoms with E-state index in [1.807, 2.05) is 0 Å². The molecule has 0 aliphatic heterocycles. The molecule has 3 rings (SSSR count). The number of rotatable bonds is 2. The van der Waals surface area contributed by atoms with E-state index in [0.29, 0.717) is 0 Å². The molecule has 0 saturated heterocycles. The van der Waals surface area contributed by atoms with Gasteiger partial charge in [0, 0.05) is 0 Å². The Morgan fingerprint density at radius 2 is 1.36 bits per heavy atom. The Hall–Kier alpha value is 0.380. The average Bonchev–Trinajstić information content (AvgIpc) is 2.98. The van der Waals surface area contributed by atoms with E-state index in [1.54, 1.807) is 38.2 Å². The van der Waals surface area contributed by atoms with Crippen LogP contribution in [0.2, 0.25) is 13.1 Å². The van der Waals surface area contributed by atoms with Gasteiger partial charge < -0.3 is 0 Å². The summed E-state index contributed by atoms with van der Waals surface area (Å²) in [6.07, 6.45) is 5.37. The van der Waals surface area contributed by atoms with Crippen molar-refractivity contribution in [3.05, 3.63) is 45.0 Å². The quantitative estimate of drug-likeness (QED) is 0.386. The molecule has 0 unspecified atom stereocenters. The molecule has 0 heterocycles. The Labute approximate surface area is 173 Å². The second-order valence-electron chi connectivity index (χ2n) is 7.98. The Morgan fingerprint density at radius 3 is 1.88 bits per heavy atom. The zero-order valence-corrected chi connectivity index (χ0v) is 21.6. The summed E-state index contributed by atoms with van der Waals surface area (Å²) in [6, 6.07) is 2.51. The zero-order chi connectivity index (χ0) is 18.9. The number of hydrogen-bond donors (Lipinski definition) is 0. The summed E-state index contributed by atoms with van der Waals surface area (Å²) in [5.41, 5.74) is 11.1. The van der Waals surface area contributed by atoms with Gasteiger partial charge in [-0.25, -0.2) is 6.07 Å². The van der Waals surface area contributed by atoms with Crippen molar-refractivity contribution in [3.63, 3.8) is 0 Å². The molecule has 2 aromatic rings. The molecule has 2 aromatic carbocycles. The van der Waals surface area contributed by atoms with Crippen molar-refractivity contribution in [2.24, 2.45) is 0 Å². The molecule has 1 aliphatic rings. The molecule has 0 N–H and O–H groups in total. The number of fused-ring (bicyclic) bond motifs is 1. The van der Waals surface area contributed by atoms with Gasteiger partial charge in [-0.2, -0.15) is 49.3 Å². The van der Waals surface area contributed by atoms with Crippen molar-refractivity contribution < 1.29 is 20.8 Å². The first-order valence-electron chi connectivity index (χ1n) is 9.16. The van der Waals surface area contributed by atoms with Gasteiger partial charge >= 0.3 is 37.9 Å². The molecule has 0 nitrogen and oxygen atoms in total. The third-order valence-electron chi connectivity index (χ3n) is 6.28. The molecule has 136 valence electrons. The Kier molecular flexibility index (Phi) is 7.45. The normalized spacial score (nSPS) is 13.8. The van der Waals surface area contributed by atoms with Crippen LogP contribution in [0.3, 0.4) is 0 Å². The summed E-state index contributed by atoms with van der Waals surface area (Å²) >= 11 is -0.826. The summed E-state index contributed by atoms with van der Waals surface area (Å²) in [5, 5.41) is 3.47. The van der Waals surface area contributed by atoms with Crippen molar-refractivity contribution in [3.8, 4) is 0 Å². The molecule has 0 spiro atoms. The first-order chi connectivity index (χ1) is 11.7. The topological polar surface area (TPSA) is 0 Å². The summed E-state index contributed by atoms with van der Waals surface area (Å²) in [4.78, 5) is 0. The van der Waals surface area contributed by atoms with E-state index in [2.05, 4.69) is 53.8 Å². The van der Waals surface area contributed by atoms with Crippen molar-refractivity contribution in [2.45, 2.75) is 73.4 Å². The fourth-order valence-corrected chi connectivity index (χ4v) is 9.69. The SMILES string of the molecule is Cc1c(C)c(C)[c-]([Si](C)(C)[c-]2c(C)cc3c2CCCC3)c1C.[Cl][Zr+2][Cl]. The van der Waals surface area contributed by atoms with Crippen molar-refractivity contribution >= 4 is 35.5 Å². The van der Waals surface area contributed by atoms with Crippen LogP contribution in [0.4, 0.5) is 0 Å². The van der Waals surface area contributed by atoms with E-state index >= 15 is 0 Å². The molecule has 25 heavy (non-hydrogen) atoms. The van der Waals surface area contributed by atoms with Gasteiger partial charge in [-0.3, -0.25) is 0 Å². The summed E-state index contributed by atoms with van der Waals surface area (Å²) in [7, 11) is 8.24. The predicted molar refractivity (Wildman–Crippen MR) is 113 cm³/mol. The van der Waals surface area contributed by atoms with Crippen molar-refractivity contribution in [1.82, 2.24) is 0 Å². The van der Waals surface area contributed by atoms with Crippen LogP contribution in [0.15, 0.2) is 6.07 Å². The van der Waals surface area contributed by atoms with E-state index in [1.165, 1.54) is 36.8 Å². The molecule has 1 aliphatic carbocycles. The zero-order valence-electron chi connectivity index (χ0n) is 16.7. The summed E-state index contributed by atoms with van der Waals surface area (Å²) in [6.45, 7) is 16.8. The molecule has 0 bridgehead atoms. The molecule has 0 amide bonds. The van der Waals surface area contributed by atoms with Gasteiger partial charge in [-0.05, 0) is 8.07 Å². The minimum atomic E-state index is -1.63. The van der Waals surface area contributed by atoms with Crippen LogP contribution < -0.4 is 10.4 Å². The second kappa shape index (κ2) is 8.59. The fourth-order valence-electron chi connectivity index (χ4n) is 5.10. The van der Waals surface area contributed by atoms with Gasteiger partial charge in [0.2, 0.25) is 0 Å². The maximum atomic E-state index is 4.93. The van der Waals surface area contributed by atoms with Gasteiger partial charge in [0.05, 0.1) is 0 Å². The molecule has 0 radical (unpaired) electrons. The predicted octanol–water partition coefficient (Wildman–Crippen LogP) is 5.74. The maximum absolute atomic E-state index is 4.93. The first-order valence-corrected chi connectivity index (χ1v) is 18.5. The Morgan fingerprint density at radius 1 is 0.880 bits per heavy atom. The van der Waals surface area contributed by atoms with Crippen LogP contribution in [0.5, 0.6) is 0 Å². The van der Waals surface area contributed by atoms with Crippen molar-refractivity contribution in [2.75, 3.05) is 0 Å². The fraction of sp³-hybridized carbons (Fsp3) is 0.524. The number of aryl methyl sites for hydroxylation is 2. The summed E-state index contributed by atoms with van der Waals surface area (Å²) in [5.74, 6) is 0. The Bertz CT molecular complexity index is 727. The first kappa shape index (κ1) is 21.7. The molecule has 0 fully saturated rings. The standard InChI is InChI=1S/C21H30Si.2ClH.Zr/c1-13-12-18-10-8-9-11-19(18)20(13)22(6,7)21-16(4)14(2)15(3)17(21)5;;;/h12H,8-11H2,1-7H3;2*1H;/q-2;;;+4/p-2. The van der Waals surface area contributed by atoms with Gasteiger partial charge in [0.15, 0.2) is 0 Å². The third kappa shape index (κ3) is 3.98. The van der Waals surface area contributed by atoms with Gasteiger partial charge in [0.1, 0.15) is 0 Å². The second-order valence-corrected chi connectivity index (χ2v) is 16.0. The van der Waals surface area contributed by atoms with E-state index in [0.717, 1.165) is 0 Å². The molecule has 0 saturated carbocycles. The third-order valence-corrected chi connectivity index (χ3v) is 10.2. The molecular weight excluding hydrogens is 442 g/mol. The molecule has 0 atom stereocenters. The molecule has 4 heteroatoms. The van der Waals surface area contributed by atoms with E-state index < -0.39 is 28.9 Å². The van der Waals surface area contributed by atoms with E-state index in [4.69, 9.17) is 17.0 Å². The molecule has 0 aromatic heterocycles. The van der Waals surface area contributed by atoms with E-state index in [-0.39, 0.29) is 0 Å². The summed E-state index contributed by atoms with van der Waals surface area (Å²) < 4.78 is 0. The van der Waals surface area contributed by atoms with Crippen LogP contribution >= 0.6 is 17.0 Å². The molecular formula is C21H30Cl2SiZr. The monoisotopic (exact) mass is 470 g/mol. The van der Waals surface area contributed by atoms with Gasteiger partial charge in [-0.15, -0.1) is 0 Å². The van der Waals surface area contributed by atoms with Crippen LogP contribution in [0.1, 0.15) is 51.8 Å². The Balaban J connectivity index is 0.000000701. The van der Waals surface area contributed by atoms with Crippen molar-refractivity contribution in [1.29, 1.82) is 0 Å². The van der Waals surface area contributed by atoms with Gasteiger partial charge in [-0.1, -0.05) is 73.4 Å². The minimum absolute atomic E-state index is 0.826. The van der Waals surface area contributed by atoms with Crippen LogP contribution in [-0.2, 0) is 33.7 Å². The average molecular weight is 473 g/mol. The van der Waals surface area contributed by atoms with E-state index in [9.17, 15) is 0 Å².